The molecule has 0 bridgehead atoms. The quantitative estimate of drug-likeness (QED) is 0.0108. The number of esters is 1. The summed E-state index contributed by atoms with van der Waals surface area (Å²) in [5.41, 5.74) is 37.8. The van der Waals surface area contributed by atoms with Crippen molar-refractivity contribution >= 4 is 124 Å². The molecule has 8 rings (SSSR count). The summed E-state index contributed by atoms with van der Waals surface area (Å²) in [4.78, 5) is 214. The van der Waals surface area contributed by atoms with Crippen molar-refractivity contribution in [3.8, 4) is 23.0 Å². The van der Waals surface area contributed by atoms with E-state index in [1.54, 1.807) is 0 Å². The number of hydrogen-bond acceptors (Lipinski definition) is 25. The number of nitrogens with zero attached hydrogens (tertiary/aromatic N) is 3. The predicted molar refractivity (Wildman–Crippen MR) is 474 cm³/mol. The molecule has 3 aromatic rings. The minimum atomic E-state index is -1.71. The maximum absolute atomic E-state index is 15.3. The molecule has 0 radical (unpaired) electrons. The van der Waals surface area contributed by atoms with Gasteiger partial charge in [0, 0.05) is 106 Å². The Balaban J connectivity index is 0.967. The summed E-state index contributed by atoms with van der Waals surface area (Å²) in [6, 6.07) is 0.0952. The molecule has 51 nitrogen and oxygen atoms in total. The smallest absolute Gasteiger partial charge is 0.340 e. The van der Waals surface area contributed by atoms with Crippen LogP contribution in [0.5, 0.6) is 23.0 Å². The lowest BCUT2D eigenvalue weighted by Crippen LogP contribution is -2.60. The summed E-state index contributed by atoms with van der Waals surface area (Å²) in [7, 11) is 0. The second-order valence-corrected chi connectivity index (χ2v) is 31.9. The number of carbonyl (C=O) groups is 15. The molecule has 718 valence electrons. The van der Waals surface area contributed by atoms with Gasteiger partial charge in [-0.2, -0.15) is 0 Å². The van der Waals surface area contributed by atoms with Crippen molar-refractivity contribution in [2.75, 3.05) is 85.1 Å². The maximum Gasteiger partial charge on any atom is 0.340 e. The molecule has 5 heterocycles. The Labute approximate surface area is 757 Å². The maximum atomic E-state index is 15.3. The summed E-state index contributed by atoms with van der Waals surface area (Å²) in [5, 5.41) is 109. The molecule has 51 heteroatoms. The second-order valence-electron chi connectivity index (χ2n) is 31.9. The summed E-state index contributed by atoms with van der Waals surface area (Å²) in [6.45, 7) is -1.88. The van der Waals surface area contributed by atoms with E-state index in [0.717, 1.165) is 0 Å². The highest BCUT2D eigenvalue weighted by atomic mass is 16.6. The van der Waals surface area contributed by atoms with Crippen LogP contribution in [0.4, 0.5) is 0 Å². The number of benzene rings is 3. The van der Waals surface area contributed by atoms with Gasteiger partial charge in [0.05, 0.1) is 25.2 Å². The highest BCUT2D eigenvalue weighted by Gasteiger charge is 2.54. The number of phenolic OH excluding ortho intramolecular Hbond substituents is 2. The van der Waals surface area contributed by atoms with Crippen LogP contribution in [0.2, 0.25) is 0 Å². The molecule has 0 unspecified atom stereocenters. The number of hydrogen-bond donors (Lipinski definition) is 31. The van der Waals surface area contributed by atoms with Gasteiger partial charge in [-0.25, -0.2) is 4.79 Å². The minimum absolute atomic E-state index is 0.000175. The van der Waals surface area contributed by atoms with Crippen molar-refractivity contribution in [3.63, 3.8) is 0 Å². The molecule has 38 N–H and O–H groups in total. The minimum Gasteiger partial charge on any atom is -0.508 e. The third-order valence-electron chi connectivity index (χ3n) is 22.2. The predicted octanol–water partition coefficient (Wildman–Crippen LogP) is -7.92. The van der Waals surface area contributed by atoms with E-state index in [0.29, 0.717) is 17.5 Å². The monoisotopic (exact) mass is 1840 g/mol. The molecule has 3 fully saturated rings. The number of likely N-dealkylation sites (tertiary alicyclic amines) is 3. The molecule has 132 heavy (non-hydrogen) atoms. The van der Waals surface area contributed by atoms with Gasteiger partial charge in [-0.3, -0.25) is 99.6 Å². The third-order valence-corrected chi connectivity index (χ3v) is 22.2. The number of ether oxygens (including phenoxy) is 2. The number of phenols is 2. The van der Waals surface area contributed by atoms with E-state index in [1.165, 1.54) is 69.3 Å². The first-order valence-corrected chi connectivity index (χ1v) is 43.2. The first-order valence-electron chi connectivity index (χ1n) is 43.2. The average Bonchev–Trinajstić information content (AvgIpc) is 1.50. The fraction of sp³-hybridized carbons (Fsp3) is 0.519. The number of amides is 14. The average molecular weight is 1850 g/mol. The van der Waals surface area contributed by atoms with Gasteiger partial charge in [-0.1, -0.05) is 0 Å². The number of guanidine groups is 6. The first kappa shape index (κ1) is 102. The highest BCUT2D eigenvalue weighted by molar-refractivity contribution is 6.03. The molecule has 3 saturated heterocycles. The van der Waals surface area contributed by atoms with Crippen LogP contribution in [0, 0.1) is 32.5 Å². The van der Waals surface area contributed by atoms with Crippen LogP contribution in [0.25, 0.3) is 0 Å². The van der Waals surface area contributed by atoms with Crippen LogP contribution in [-0.2, 0) is 72.7 Å². The highest BCUT2D eigenvalue weighted by Crippen LogP contribution is 2.57. The lowest BCUT2D eigenvalue weighted by Gasteiger charge is -2.36. The van der Waals surface area contributed by atoms with Gasteiger partial charge in [-0.15, -0.1) is 0 Å². The SMILES string of the molecule is N=C(N)NCCC[C@H](NC(=O)CCNC(=O)c1ccc2c(c1)C1(OC2=O)c2ccc(O)cc2Oc2cc(O)ccc21)C(=O)N[C@@H](CCCNC(=N)N)C(=O)N1CCC[C@H]1C(=O)N[C@@H](CCCNC(=N)N)C(=O)N[C@@H](CCCNC(=N)N)C(=O)N1CCC[C@H]1C(=O)N[C@@H](CCCNC(=N)N)C(=O)N[C@@H](CCCNC(=N)N)C(=O)N1CCC[C@H]1C(=O)NCC(=O)NCC(=O)NCC(N)=O. The molecule has 14 amide bonds. The van der Waals surface area contributed by atoms with Crippen LogP contribution in [-0.4, -0.2) is 289 Å². The van der Waals surface area contributed by atoms with Crippen molar-refractivity contribution in [1.82, 2.24) is 99.8 Å². The van der Waals surface area contributed by atoms with E-state index in [1.807, 2.05) is 0 Å². The fourth-order valence-corrected chi connectivity index (χ4v) is 15.9. The van der Waals surface area contributed by atoms with Gasteiger partial charge in [0.2, 0.25) is 76.8 Å². The number of fused-ring (bicyclic) bond motifs is 6. The van der Waals surface area contributed by atoms with Gasteiger partial charge in [0.25, 0.3) is 5.91 Å². The van der Waals surface area contributed by atoms with Crippen LogP contribution in [0.1, 0.15) is 159 Å². The Kier molecular flexibility index (Phi) is 38.2. The number of nitrogens with two attached hydrogens (primary N) is 7. The second kappa shape index (κ2) is 49.3. The van der Waals surface area contributed by atoms with Crippen LogP contribution in [0.3, 0.4) is 0 Å². The molecule has 1 spiro atoms. The van der Waals surface area contributed by atoms with Crippen molar-refractivity contribution in [3.05, 3.63) is 82.4 Å². The van der Waals surface area contributed by atoms with Crippen molar-refractivity contribution in [2.45, 2.75) is 182 Å². The molecule has 0 aliphatic carbocycles. The molecule has 3 aromatic carbocycles. The standard InChI is InChI=1S/C81H120N32O19/c82-60(116)39-102-62(118)40-103-63(119)41-104-68(124)55-16-7-33-111(55)71(127)52(13-4-29-99-78(89)90)109-66(122)50(11-2-27-97-76(85)86)106-70(126)57-18-9-35-113(57)73(129)54(15-6-31-101-80(93)94)110-67(123)51(12-3-28-98-77(87)88)107-69(125)56-17-8-34-112(56)72(128)53(14-5-30-100-79(91)92)108-65(121)49(10-1-26-96-75(83)84)105-61(117)25-32-95-64(120)42-19-22-45-48(36-42)81(132-74(45)130)46-23-20-43(114)37-58(46)131-59-38-44(115)21-24-47(59)81/h19-24,36-38,49-57,114-115H,1-18,25-35,39-41H2,(H2,82,116)(H,95,120)(H,102,118)(H,103,119)(H,104,124)(H,105,117)(H,106,126)(H,107,125)(H,108,121)(H,109,122)(H,110,123)(H4,83,84,96)(H4,85,86,97)(H4,87,88,98)(H4,89,90,99)(H4,91,92,100)(H4,93,94,101)/t49-,50-,51-,52-,53-,54-,55-,56-,57-/m0/s1. The Hall–Kier alpha value is -15.3. The number of rotatable bonds is 49. The number of carbonyl (C=O) groups excluding carboxylic acids is 15. The normalized spacial score (nSPS) is 16.6. The zero-order chi connectivity index (χ0) is 96.5. The number of primary amides is 1. The van der Waals surface area contributed by atoms with Gasteiger partial charge in [0.15, 0.2) is 41.4 Å². The van der Waals surface area contributed by atoms with E-state index in [2.05, 4.69) is 85.1 Å². The number of nitrogens with one attached hydrogen (secondary N) is 22. The van der Waals surface area contributed by atoms with Crippen molar-refractivity contribution in [1.29, 1.82) is 32.5 Å². The Morgan fingerprint density at radius 3 is 1.11 bits per heavy atom. The molecular weight excluding hydrogens is 1730 g/mol. The Bertz CT molecular complexity index is 4770. The molecule has 5 aliphatic rings. The van der Waals surface area contributed by atoms with E-state index in [-0.39, 0.29) is 214 Å². The van der Waals surface area contributed by atoms with Crippen LogP contribution < -0.4 is 130 Å². The van der Waals surface area contributed by atoms with Crippen LogP contribution >= 0.6 is 0 Å². The van der Waals surface area contributed by atoms with Gasteiger partial charge >= 0.3 is 5.97 Å². The molecule has 0 aromatic heterocycles. The molecular formula is C81H120N32O19. The van der Waals surface area contributed by atoms with Crippen molar-refractivity contribution in [2.24, 2.45) is 40.1 Å². The van der Waals surface area contributed by atoms with Crippen molar-refractivity contribution < 1.29 is 91.6 Å². The van der Waals surface area contributed by atoms with E-state index in [9.17, 15) is 67.7 Å². The largest absolute Gasteiger partial charge is 0.508 e. The van der Waals surface area contributed by atoms with Gasteiger partial charge < -0.3 is 160 Å². The zero-order valence-corrected chi connectivity index (χ0v) is 72.7. The summed E-state index contributed by atoms with van der Waals surface area (Å²) in [5.74, 6) is -14.5. The topological polar surface area (TPSA) is 842 Å². The lowest BCUT2D eigenvalue weighted by atomic mass is 9.77. The molecule has 5 aliphatic heterocycles. The van der Waals surface area contributed by atoms with E-state index < -0.39 is 210 Å². The molecule has 9 atom stereocenters. The zero-order valence-electron chi connectivity index (χ0n) is 72.7. The van der Waals surface area contributed by atoms with Crippen LogP contribution in [0.15, 0.2) is 54.6 Å². The van der Waals surface area contributed by atoms with Gasteiger partial charge in [0.1, 0.15) is 77.4 Å². The Morgan fingerprint density at radius 2 is 0.735 bits per heavy atom. The summed E-state index contributed by atoms with van der Waals surface area (Å²) < 4.78 is 12.2. The lowest BCUT2D eigenvalue weighted by molar-refractivity contribution is -0.144. The third kappa shape index (κ3) is 29.6. The first-order chi connectivity index (χ1) is 62.8. The number of aromatic hydroxyl groups is 2. The molecule has 0 saturated carbocycles. The van der Waals surface area contributed by atoms with E-state index >= 15 is 14.4 Å². The Morgan fingerprint density at radius 1 is 0.386 bits per heavy atom. The summed E-state index contributed by atoms with van der Waals surface area (Å²) >= 11 is 0. The van der Waals surface area contributed by atoms with Gasteiger partial charge in [-0.05, 0) is 158 Å². The van der Waals surface area contributed by atoms with E-state index in [4.69, 9.17) is 82.1 Å². The summed E-state index contributed by atoms with van der Waals surface area (Å²) in [6.07, 6.45) is 0.193. The fourth-order valence-electron chi connectivity index (χ4n) is 15.9.